The SMILES string of the molecule is O=S(=O)([O-])O.O=S(=O)([O-])OOS(=O)(=O)[O-].[K+].[Na+].[Na+]. The molecule has 0 saturated carbocycles. The molecule has 0 heterocycles. The molecule has 0 aliphatic heterocycles. The second-order valence-corrected chi connectivity index (χ2v) is 4.14. The fraction of sp³-hybridized carbons (Fsp3) is 0. The summed E-state index contributed by atoms with van der Waals surface area (Å²) >= 11 is 0. The van der Waals surface area contributed by atoms with E-state index in [1.165, 1.54) is 0 Å². The smallest absolute Gasteiger partial charge is 0.726 e. The molecule has 18 heavy (non-hydrogen) atoms. The predicted octanol–water partition coefficient (Wildman–Crippen LogP) is -12.1. The Kier molecular flexibility index (Phi) is 25.4. The quantitative estimate of drug-likeness (QED) is 0.160. The van der Waals surface area contributed by atoms with E-state index in [1.54, 1.807) is 0 Å². The van der Waals surface area contributed by atoms with Gasteiger partial charge in [-0.15, -0.1) is 8.67 Å². The van der Waals surface area contributed by atoms with Crippen LogP contribution in [-0.4, -0.2) is 43.5 Å². The van der Waals surface area contributed by atoms with Gasteiger partial charge in [-0.1, -0.05) is 0 Å². The summed E-state index contributed by atoms with van der Waals surface area (Å²) < 4.78 is 94.3. The standard InChI is InChI=1S/K.2Na.H2O8S2.H2O4S/c;;;1-9(2,3)7-8-10(4,5)6;1-5(2,3)4/h;;;(H,1,2,3)(H,4,5,6);(H2,1,2,3,4)/q3*+1;;/p-3. The van der Waals surface area contributed by atoms with Gasteiger partial charge in [-0.2, -0.15) is 0 Å². The van der Waals surface area contributed by atoms with Gasteiger partial charge in [0, 0.05) is 0 Å². The van der Waals surface area contributed by atoms with Crippen molar-refractivity contribution in [2.45, 2.75) is 0 Å². The monoisotopic (exact) mass is 374 g/mol. The molecule has 0 aliphatic carbocycles. The Morgan fingerprint density at radius 2 is 0.833 bits per heavy atom. The Balaban J connectivity index is -0.0000000621. The van der Waals surface area contributed by atoms with Gasteiger partial charge in [-0.25, -0.2) is 25.3 Å². The first-order valence-corrected chi connectivity index (χ1v) is 6.21. The van der Waals surface area contributed by atoms with E-state index in [1.807, 2.05) is 0 Å². The van der Waals surface area contributed by atoms with E-state index in [9.17, 15) is 25.9 Å². The van der Waals surface area contributed by atoms with Gasteiger partial charge < -0.3 is 13.7 Å². The summed E-state index contributed by atoms with van der Waals surface area (Å²) in [4.78, 5) is 0. The van der Waals surface area contributed by atoms with Gasteiger partial charge in [0.1, 0.15) is 0 Å². The van der Waals surface area contributed by atoms with Crippen molar-refractivity contribution in [3.8, 4) is 0 Å². The van der Waals surface area contributed by atoms with Crippen LogP contribution in [0.1, 0.15) is 0 Å². The molecule has 0 fully saturated rings. The molecule has 18 heteroatoms. The minimum absolute atomic E-state index is 0. The van der Waals surface area contributed by atoms with E-state index < -0.39 is 31.2 Å². The Bertz CT molecular complexity index is 429. The molecule has 0 aromatic rings. The molecule has 0 aromatic heterocycles. The molecule has 0 radical (unpaired) electrons. The molecule has 94 valence electrons. The van der Waals surface area contributed by atoms with Gasteiger partial charge in [0.25, 0.3) is 0 Å². The van der Waals surface area contributed by atoms with E-state index in [4.69, 9.17) is 17.5 Å². The summed E-state index contributed by atoms with van der Waals surface area (Å²) in [6.07, 6.45) is 0. The van der Waals surface area contributed by atoms with E-state index in [2.05, 4.69) is 8.67 Å². The van der Waals surface area contributed by atoms with Gasteiger partial charge in [-0.05, 0) is 0 Å². The summed E-state index contributed by atoms with van der Waals surface area (Å²) in [6.45, 7) is 0. The predicted molar refractivity (Wildman–Crippen MR) is 33.9 cm³/mol. The van der Waals surface area contributed by atoms with Crippen LogP contribution in [0.15, 0.2) is 0 Å². The molecular formula is HKNa2O12S3. The van der Waals surface area contributed by atoms with Crippen LogP contribution in [0.4, 0.5) is 0 Å². The maximum absolute atomic E-state index is 9.37. The Hall–Kier alpha value is 3.25. The summed E-state index contributed by atoms with van der Waals surface area (Å²) in [6, 6.07) is 0. The molecule has 0 aliphatic rings. The zero-order chi connectivity index (χ0) is 12.9. The van der Waals surface area contributed by atoms with Crippen molar-refractivity contribution in [2.75, 3.05) is 0 Å². The fourth-order valence-corrected chi connectivity index (χ4v) is 0.612. The Morgan fingerprint density at radius 3 is 0.889 bits per heavy atom. The molecule has 1 N–H and O–H groups in total. The summed E-state index contributed by atoms with van der Waals surface area (Å²) in [5, 5.41) is 0. The molecule has 0 rings (SSSR count). The Labute approximate surface area is 190 Å². The van der Waals surface area contributed by atoms with Gasteiger partial charge in [0.15, 0.2) is 0 Å². The van der Waals surface area contributed by atoms with Crippen LogP contribution in [0.2, 0.25) is 0 Å². The van der Waals surface area contributed by atoms with Crippen LogP contribution < -0.4 is 110 Å². The third-order valence-electron chi connectivity index (χ3n) is 0.194. The molecule has 12 nitrogen and oxygen atoms in total. The second kappa shape index (κ2) is 13.9. The van der Waals surface area contributed by atoms with Crippen LogP contribution >= 0.6 is 0 Å². The topological polar surface area (TPSA) is 210 Å². The number of hydrogen-bond acceptors (Lipinski definition) is 11. The molecule has 0 saturated heterocycles. The van der Waals surface area contributed by atoms with Crippen LogP contribution in [0.5, 0.6) is 0 Å². The first-order valence-electron chi connectivity index (χ1n) is 2.18. The molecule has 0 unspecified atom stereocenters. The average Bonchev–Trinajstić information content (AvgIpc) is 1.76. The number of rotatable bonds is 3. The van der Waals surface area contributed by atoms with Crippen molar-refractivity contribution in [1.29, 1.82) is 0 Å². The van der Waals surface area contributed by atoms with Gasteiger partial charge >= 0.3 is 110 Å². The molecule has 0 aromatic carbocycles. The van der Waals surface area contributed by atoms with Crippen molar-refractivity contribution in [1.82, 2.24) is 0 Å². The third-order valence-corrected chi connectivity index (χ3v) is 0.750. The minimum Gasteiger partial charge on any atom is -0.726 e. The first kappa shape index (κ1) is 33.0. The summed E-state index contributed by atoms with van der Waals surface area (Å²) in [7, 11) is -15.5. The van der Waals surface area contributed by atoms with Crippen LogP contribution in [0, 0.1) is 0 Å². The largest absolute Gasteiger partial charge is 1.00 e. The van der Waals surface area contributed by atoms with Crippen molar-refractivity contribution in [2.24, 2.45) is 0 Å². The van der Waals surface area contributed by atoms with Gasteiger partial charge in [0.05, 0.1) is 0 Å². The van der Waals surface area contributed by atoms with E-state index in [-0.39, 0.29) is 110 Å². The third kappa shape index (κ3) is 61.0. The molecule has 0 atom stereocenters. The minimum atomic E-state index is -5.31. The number of hydrogen-bond donors (Lipinski definition) is 1. The zero-order valence-electron chi connectivity index (χ0n) is 9.16. The van der Waals surface area contributed by atoms with Crippen molar-refractivity contribution in [3.05, 3.63) is 0 Å². The van der Waals surface area contributed by atoms with Crippen molar-refractivity contribution >= 4 is 31.2 Å². The van der Waals surface area contributed by atoms with E-state index in [0.29, 0.717) is 0 Å². The summed E-state index contributed by atoms with van der Waals surface area (Å²) in [5.74, 6) is 0. The fourth-order valence-electron chi connectivity index (χ4n) is 0.0680. The summed E-state index contributed by atoms with van der Waals surface area (Å²) in [5.41, 5.74) is 0. The molecule has 0 bridgehead atoms. The van der Waals surface area contributed by atoms with Crippen LogP contribution in [0.3, 0.4) is 0 Å². The van der Waals surface area contributed by atoms with Crippen LogP contribution in [0.25, 0.3) is 0 Å². The van der Waals surface area contributed by atoms with Crippen LogP contribution in [-0.2, 0) is 39.9 Å². The van der Waals surface area contributed by atoms with E-state index in [0.717, 1.165) is 0 Å². The van der Waals surface area contributed by atoms with Crippen molar-refractivity contribution < 1.29 is 163 Å². The van der Waals surface area contributed by atoms with Crippen molar-refractivity contribution in [3.63, 3.8) is 0 Å². The average molecular weight is 374 g/mol. The molecule has 0 spiro atoms. The van der Waals surface area contributed by atoms with E-state index >= 15 is 0 Å². The van der Waals surface area contributed by atoms with Gasteiger partial charge in [0.2, 0.25) is 31.2 Å². The molecular weight excluding hydrogens is 373 g/mol. The molecule has 0 amide bonds. The van der Waals surface area contributed by atoms with Gasteiger partial charge in [-0.3, -0.25) is 4.55 Å². The maximum atomic E-state index is 9.37. The first-order chi connectivity index (χ1) is 6.21. The normalized spacial score (nSPS) is 10.7. The zero-order valence-corrected chi connectivity index (χ0v) is 18.7. The second-order valence-electron chi connectivity index (χ2n) is 1.38. The Morgan fingerprint density at radius 1 is 0.722 bits per heavy atom. The maximum Gasteiger partial charge on any atom is 1.00 e.